The highest BCUT2D eigenvalue weighted by Crippen LogP contribution is 2.41. The van der Waals surface area contributed by atoms with Crippen LogP contribution in [0.4, 0.5) is 10.2 Å². The number of aromatic amines is 1. The summed E-state index contributed by atoms with van der Waals surface area (Å²) < 4.78 is 26.6. The predicted molar refractivity (Wildman–Crippen MR) is 143 cm³/mol. The summed E-state index contributed by atoms with van der Waals surface area (Å²) in [5.41, 5.74) is 2.94. The summed E-state index contributed by atoms with van der Waals surface area (Å²) in [5.74, 6) is 1.00. The van der Waals surface area contributed by atoms with Gasteiger partial charge in [0.15, 0.2) is 5.82 Å². The van der Waals surface area contributed by atoms with Crippen molar-refractivity contribution in [2.45, 2.75) is 64.2 Å². The van der Waals surface area contributed by atoms with Gasteiger partial charge in [0, 0.05) is 47.8 Å². The number of H-pyrrole nitrogens is 1. The van der Waals surface area contributed by atoms with Gasteiger partial charge in [-0.15, -0.1) is 0 Å². The first-order valence-corrected chi connectivity index (χ1v) is 13.4. The van der Waals surface area contributed by atoms with Crippen LogP contribution in [0, 0.1) is 13.8 Å². The maximum Gasteiger partial charge on any atom is 0.349 e. The highest BCUT2D eigenvalue weighted by molar-refractivity contribution is 5.99. The number of aromatic nitrogens is 4. The van der Waals surface area contributed by atoms with Crippen LogP contribution in [0.2, 0.25) is 0 Å². The molecule has 38 heavy (non-hydrogen) atoms. The molecule has 0 aliphatic carbocycles. The lowest BCUT2D eigenvalue weighted by Crippen LogP contribution is -2.47. The van der Waals surface area contributed by atoms with E-state index in [9.17, 15) is 9.18 Å². The van der Waals surface area contributed by atoms with Crippen LogP contribution < -0.4 is 15.3 Å². The number of nitrogens with zero attached hydrogens (tertiary/aromatic N) is 5. The van der Waals surface area contributed by atoms with Gasteiger partial charge in [-0.3, -0.25) is 10.00 Å². The highest BCUT2D eigenvalue weighted by atomic mass is 19.1. The Morgan fingerprint density at radius 1 is 1.24 bits per heavy atom. The average Bonchev–Trinajstić information content (AvgIpc) is 3.55. The van der Waals surface area contributed by atoms with Crippen molar-refractivity contribution in [1.29, 1.82) is 0 Å². The normalized spacial score (nSPS) is 25.3. The number of nitrogens with one attached hydrogen (secondary N) is 1. The van der Waals surface area contributed by atoms with Crippen LogP contribution in [0.5, 0.6) is 6.01 Å². The third-order valence-electron chi connectivity index (χ3n) is 8.79. The van der Waals surface area contributed by atoms with Gasteiger partial charge in [-0.05, 0) is 52.6 Å². The van der Waals surface area contributed by atoms with E-state index in [4.69, 9.17) is 19.1 Å². The van der Waals surface area contributed by atoms with Gasteiger partial charge in [-0.2, -0.15) is 15.1 Å². The summed E-state index contributed by atoms with van der Waals surface area (Å²) in [6.07, 6.45) is 2.59. The Morgan fingerprint density at radius 2 is 2.11 bits per heavy atom. The molecule has 0 bridgehead atoms. The maximum absolute atomic E-state index is 14.3. The summed E-state index contributed by atoms with van der Waals surface area (Å²) in [5, 5.41) is 8.66. The first-order valence-electron chi connectivity index (χ1n) is 13.4. The van der Waals surface area contributed by atoms with Crippen molar-refractivity contribution in [3.05, 3.63) is 39.9 Å². The molecule has 3 saturated heterocycles. The number of anilines is 1. The number of hydrogen-bond donors (Lipinski definition) is 1. The quantitative estimate of drug-likeness (QED) is 0.418. The molecule has 6 heterocycles. The van der Waals surface area contributed by atoms with Crippen molar-refractivity contribution in [3.63, 3.8) is 0 Å². The highest BCUT2D eigenvalue weighted by Gasteiger charge is 2.49. The van der Waals surface area contributed by atoms with Gasteiger partial charge < -0.3 is 14.1 Å². The Labute approximate surface area is 219 Å². The molecule has 198 valence electrons. The maximum atomic E-state index is 14.3. The Kier molecular flexibility index (Phi) is 5.27. The van der Waals surface area contributed by atoms with Crippen LogP contribution in [-0.4, -0.2) is 69.1 Å². The summed E-state index contributed by atoms with van der Waals surface area (Å²) in [4.78, 5) is 27.3. The van der Waals surface area contributed by atoms with Gasteiger partial charge in [0.25, 0.3) is 0 Å². The minimum Gasteiger partial charge on any atom is -0.461 e. The molecule has 0 saturated carbocycles. The molecular formula is C28H31FN6O3. The van der Waals surface area contributed by atoms with E-state index in [0.29, 0.717) is 42.1 Å². The van der Waals surface area contributed by atoms with Crippen molar-refractivity contribution in [1.82, 2.24) is 25.1 Å². The van der Waals surface area contributed by atoms with Crippen molar-refractivity contribution >= 4 is 27.6 Å². The molecule has 10 heteroatoms. The van der Waals surface area contributed by atoms with E-state index in [1.54, 1.807) is 0 Å². The van der Waals surface area contributed by atoms with Crippen LogP contribution in [0.3, 0.4) is 0 Å². The van der Waals surface area contributed by atoms with Crippen LogP contribution in [-0.2, 0) is 0 Å². The van der Waals surface area contributed by atoms with Gasteiger partial charge in [0.05, 0.1) is 16.6 Å². The largest absolute Gasteiger partial charge is 0.461 e. The fourth-order valence-electron chi connectivity index (χ4n) is 6.64. The number of hydrogen-bond acceptors (Lipinski definition) is 8. The molecule has 3 atom stereocenters. The Balaban J connectivity index is 1.37. The Bertz CT molecular complexity index is 1630. The second-order valence-corrected chi connectivity index (χ2v) is 11.1. The number of alkyl halides is 1. The third-order valence-corrected chi connectivity index (χ3v) is 8.79. The number of fused-ring (bicyclic) bond motifs is 3. The summed E-state index contributed by atoms with van der Waals surface area (Å²) in [6, 6.07) is 6.21. The average molecular weight is 519 g/mol. The van der Waals surface area contributed by atoms with E-state index in [1.165, 1.54) is 0 Å². The number of ether oxygens (including phenoxy) is 1. The lowest BCUT2D eigenvalue weighted by Gasteiger charge is -2.40. The van der Waals surface area contributed by atoms with Gasteiger partial charge >= 0.3 is 11.6 Å². The van der Waals surface area contributed by atoms with E-state index < -0.39 is 11.8 Å². The third kappa shape index (κ3) is 3.46. The van der Waals surface area contributed by atoms with E-state index in [2.05, 4.69) is 26.9 Å². The zero-order valence-corrected chi connectivity index (χ0v) is 21.9. The fourth-order valence-corrected chi connectivity index (χ4v) is 6.64. The van der Waals surface area contributed by atoms with E-state index >= 15 is 0 Å². The van der Waals surface area contributed by atoms with Crippen LogP contribution in [0.15, 0.2) is 27.4 Å². The summed E-state index contributed by atoms with van der Waals surface area (Å²) in [7, 11) is 0. The molecule has 0 spiro atoms. The molecule has 4 aromatic rings. The standard InChI is InChI=1S/C28H31FN6O3/c1-15-8-11-35(15)25-22-23(30-27(31-25)37-14-28-9-5-10-34(28)13-18(29)12-28)16(2)24(38-26(22)36)19-6-4-7-20-21(19)17(3)32-33-20/h4,6-7,15,18H,5,8-14H2,1-3H3,(H,32,33)/t15-,18-,28+/m1/s1. The molecule has 1 N–H and O–H groups in total. The second kappa shape index (κ2) is 8.49. The molecule has 3 aliphatic rings. The number of aryl methyl sites for hydroxylation is 2. The molecule has 0 amide bonds. The van der Waals surface area contributed by atoms with Crippen molar-refractivity contribution in [2.24, 2.45) is 0 Å². The van der Waals surface area contributed by atoms with E-state index in [1.807, 2.05) is 32.0 Å². The molecule has 1 aromatic carbocycles. The molecule has 0 unspecified atom stereocenters. The minimum absolute atomic E-state index is 0.215. The molecule has 3 aromatic heterocycles. The molecule has 7 rings (SSSR count). The lowest BCUT2D eigenvalue weighted by atomic mass is 9.95. The molecule has 3 aliphatic heterocycles. The van der Waals surface area contributed by atoms with Gasteiger partial charge in [0.2, 0.25) is 0 Å². The first-order chi connectivity index (χ1) is 18.3. The van der Waals surface area contributed by atoms with Gasteiger partial charge in [0.1, 0.15) is 23.9 Å². The van der Waals surface area contributed by atoms with E-state index in [-0.39, 0.29) is 17.6 Å². The zero-order chi connectivity index (χ0) is 26.2. The van der Waals surface area contributed by atoms with Gasteiger partial charge in [-0.1, -0.05) is 12.1 Å². The lowest BCUT2D eigenvalue weighted by molar-refractivity contribution is 0.107. The van der Waals surface area contributed by atoms with Crippen molar-refractivity contribution in [3.8, 4) is 17.3 Å². The van der Waals surface area contributed by atoms with E-state index in [0.717, 1.165) is 60.1 Å². The summed E-state index contributed by atoms with van der Waals surface area (Å²) in [6.45, 7) is 8.44. The molecule has 9 nitrogen and oxygen atoms in total. The number of halogens is 1. The first kappa shape index (κ1) is 23.6. The topological polar surface area (TPSA) is 100 Å². The van der Waals surface area contributed by atoms with Gasteiger partial charge in [-0.25, -0.2) is 9.18 Å². The molecular weight excluding hydrogens is 487 g/mol. The fraction of sp³-hybridized carbons (Fsp3) is 0.500. The van der Waals surface area contributed by atoms with Crippen LogP contribution in [0.1, 0.15) is 43.9 Å². The molecule has 3 fully saturated rings. The number of rotatable bonds is 5. The van der Waals surface area contributed by atoms with Crippen LogP contribution >= 0.6 is 0 Å². The SMILES string of the molecule is Cc1c(-c2cccc3n[nH]c(C)c23)oc(=O)c2c(N3CC[C@H]3C)nc(OC[C@@]34CCCN3C[C@H](F)C4)nc12. The predicted octanol–water partition coefficient (Wildman–Crippen LogP) is 4.30. The molecule has 0 radical (unpaired) electrons. The van der Waals surface area contributed by atoms with Crippen molar-refractivity contribution in [2.75, 3.05) is 31.1 Å². The summed E-state index contributed by atoms with van der Waals surface area (Å²) >= 11 is 0. The van der Waals surface area contributed by atoms with Crippen LogP contribution in [0.25, 0.3) is 33.1 Å². The zero-order valence-electron chi connectivity index (χ0n) is 21.9. The Morgan fingerprint density at radius 3 is 2.89 bits per heavy atom. The second-order valence-electron chi connectivity index (χ2n) is 11.1. The number of benzene rings is 1. The minimum atomic E-state index is -0.836. The Hall–Kier alpha value is -3.53. The van der Waals surface area contributed by atoms with Crippen molar-refractivity contribution < 1.29 is 13.5 Å². The monoisotopic (exact) mass is 518 g/mol. The smallest absolute Gasteiger partial charge is 0.349 e.